The molecule has 1 aromatic carbocycles. The molecule has 1 aliphatic rings. The molecule has 0 radical (unpaired) electrons. The number of hydrogen-bond donors (Lipinski definition) is 2. The van der Waals surface area contributed by atoms with E-state index in [9.17, 15) is 22.8 Å². The molecule has 0 aliphatic heterocycles. The van der Waals surface area contributed by atoms with Crippen molar-refractivity contribution in [3.8, 4) is 0 Å². The highest BCUT2D eigenvalue weighted by Crippen LogP contribution is 2.36. The lowest BCUT2D eigenvalue weighted by Crippen LogP contribution is -2.21. The van der Waals surface area contributed by atoms with Gasteiger partial charge in [0, 0.05) is 5.02 Å². The van der Waals surface area contributed by atoms with Gasteiger partial charge in [0.2, 0.25) is 0 Å². The third-order valence-electron chi connectivity index (χ3n) is 4.73. The number of nitrogens with one attached hydrogen (secondary N) is 1. The summed E-state index contributed by atoms with van der Waals surface area (Å²) in [5.41, 5.74) is 6.65. The molecule has 1 saturated carbocycles. The third kappa shape index (κ3) is 4.42. The lowest BCUT2D eigenvalue weighted by molar-refractivity contribution is -0.145. The lowest BCUT2D eigenvalue weighted by Gasteiger charge is -2.13. The molecule has 0 atom stereocenters. The predicted octanol–water partition coefficient (Wildman–Crippen LogP) is 2.58. The number of alkyl halides is 3. The molecule has 1 fully saturated rings. The van der Waals surface area contributed by atoms with Gasteiger partial charge in [-0.3, -0.25) is 14.3 Å². The Morgan fingerprint density at radius 1 is 1.25 bits per heavy atom. The van der Waals surface area contributed by atoms with E-state index in [0.29, 0.717) is 5.56 Å². The molecule has 4 rings (SSSR count). The highest BCUT2D eigenvalue weighted by Gasteiger charge is 2.37. The predicted molar refractivity (Wildman–Crippen MR) is 105 cm³/mol. The summed E-state index contributed by atoms with van der Waals surface area (Å²) >= 11 is 5.98. The van der Waals surface area contributed by atoms with Crippen LogP contribution in [0.15, 0.2) is 18.2 Å². The van der Waals surface area contributed by atoms with Crippen molar-refractivity contribution < 1.29 is 22.8 Å². The minimum Gasteiger partial charge on any atom is -0.366 e. The molecule has 0 saturated heterocycles. The summed E-state index contributed by atoms with van der Waals surface area (Å²) in [5.74, 6) is -2.69. The molecule has 3 N–H and O–H groups in total. The van der Waals surface area contributed by atoms with E-state index in [-0.39, 0.29) is 40.2 Å². The number of aryl methyl sites for hydroxylation is 1. The smallest absolute Gasteiger partial charge is 0.366 e. The third-order valence-corrected chi connectivity index (χ3v) is 4.94. The minimum atomic E-state index is -4.72. The van der Waals surface area contributed by atoms with Crippen LogP contribution in [0.25, 0.3) is 0 Å². The Morgan fingerprint density at radius 3 is 2.56 bits per heavy atom. The normalized spacial score (nSPS) is 13.9. The summed E-state index contributed by atoms with van der Waals surface area (Å²) in [7, 11) is 0. The van der Waals surface area contributed by atoms with E-state index in [0.717, 1.165) is 17.6 Å². The maximum atomic E-state index is 13.0. The van der Waals surface area contributed by atoms with Crippen molar-refractivity contribution in [3.63, 3.8) is 0 Å². The van der Waals surface area contributed by atoms with Gasteiger partial charge in [0.25, 0.3) is 17.6 Å². The lowest BCUT2D eigenvalue weighted by atomic mass is 10.1. The van der Waals surface area contributed by atoms with E-state index in [1.807, 2.05) is 0 Å². The summed E-state index contributed by atoms with van der Waals surface area (Å²) in [5, 5.41) is 16.9. The molecular formula is C18H16ClF3N8O2. The highest BCUT2D eigenvalue weighted by molar-refractivity contribution is 6.31. The van der Waals surface area contributed by atoms with Gasteiger partial charge in [-0.2, -0.15) is 23.1 Å². The van der Waals surface area contributed by atoms with Crippen molar-refractivity contribution in [1.82, 2.24) is 30.0 Å². The van der Waals surface area contributed by atoms with Crippen molar-refractivity contribution >= 4 is 29.1 Å². The van der Waals surface area contributed by atoms with Crippen LogP contribution in [-0.4, -0.2) is 41.8 Å². The van der Waals surface area contributed by atoms with Crippen molar-refractivity contribution in [2.45, 2.75) is 38.5 Å². The van der Waals surface area contributed by atoms with Crippen LogP contribution in [0, 0.1) is 6.92 Å². The van der Waals surface area contributed by atoms with E-state index in [1.54, 1.807) is 13.0 Å². The number of tetrazole rings is 1. The number of rotatable bonds is 6. The zero-order chi connectivity index (χ0) is 23.2. The van der Waals surface area contributed by atoms with Gasteiger partial charge in [0.05, 0.1) is 23.0 Å². The van der Waals surface area contributed by atoms with Crippen molar-refractivity contribution in [2.24, 2.45) is 5.73 Å². The standard InChI is InChI=1S/C18H16ClF3N8O2/c1-8-4-9(19)5-12(15(23)31)14(8)24-16(32)13-6-10(26-30(13)11-2-3-11)7-29-27-17(25-28-29)18(20,21)22/h4-6,11H,2-3,7H2,1H3,(H2,23,31)(H,24,32). The molecule has 0 unspecified atom stereocenters. The minimum absolute atomic E-state index is 0.0131. The Kier molecular flexibility index (Phi) is 5.36. The molecule has 1 aliphatic carbocycles. The number of primary amides is 1. The molecule has 2 heterocycles. The van der Waals surface area contributed by atoms with Crippen LogP contribution >= 0.6 is 11.6 Å². The Balaban J connectivity index is 1.62. The highest BCUT2D eigenvalue weighted by atomic mass is 35.5. The Hall–Kier alpha value is -3.48. The van der Waals surface area contributed by atoms with Gasteiger partial charge in [0.1, 0.15) is 12.2 Å². The molecule has 14 heteroatoms. The zero-order valence-electron chi connectivity index (χ0n) is 16.5. The Morgan fingerprint density at radius 2 is 1.97 bits per heavy atom. The maximum absolute atomic E-state index is 13.0. The van der Waals surface area contributed by atoms with Crippen molar-refractivity contribution in [2.75, 3.05) is 5.32 Å². The number of nitrogens with zero attached hydrogens (tertiary/aromatic N) is 6. The summed E-state index contributed by atoms with van der Waals surface area (Å²) in [6, 6.07) is 4.34. The maximum Gasteiger partial charge on any atom is 0.455 e. The van der Waals surface area contributed by atoms with Crippen LogP contribution in [0.5, 0.6) is 0 Å². The van der Waals surface area contributed by atoms with Gasteiger partial charge in [-0.25, -0.2) is 0 Å². The van der Waals surface area contributed by atoms with E-state index in [1.165, 1.54) is 16.8 Å². The van der Waals surface area contributed by atoms with Gasteiger partial charge in [0.15, 0.2) is 0 Å². The van der Waals surface area contributed by atoms with Crippen LogP contribution in [0.2, 0.25) is 5.02 Å². The number of anilines is 1. The monoisotopic (exact) mass is 468 g/mol. The van der Waals surface area contributed by atoms with Gasteiger partial charge in [-0.05, 0) is 48.7 Å². The number of nitrogens with two attached hydrogens (primary N) is 1. The fraction of sp³-hybridized carbons (Fsp3) is 0.333. The SMILES string of the molecule is Cc1cc(Cl)cc(C(N)=O)c1NC(=O)c1cc(Cn2nnc(C(F)(F)F)n2)nn1C1CC1. The molecule has 0 spiro atoms. The first-order valence-electron chi connectivity index (χ1n) is 9.37. The van der Waals surface area contributed by atoms with Gasteiger partial charge in [-0.15, -0.1) is 10.2 Å². The molecule has 32 heavy (non-hydrogen) atoms. The molecule has 2 amide bonds. The molecule has 10 nitrogen and oxygen atoms in total. The van der Waals surface area contributed by atoms with Crippen LogP contribution in [-0.2, 0) is 12.7 Å². The first-order valence-corrected chi connectivity index (χ1v) is 9.75. The van der Waals surface area contributed by atoms with Gasteiger partial charge in [-0.1, -0.05) is 11.6 Å². The van der Waals surface area contributed by atoms with Crippen LogP contribution in [0.3, 0.4) is 0 Å². The van der Waals surface area contributed by atoms with Crippen LogP contribution < -0.4 is 11.1 Å². The number of carbonyl (C=O) groups is 2. The number of benzene rings is 1. The summed E-state index contributed by atoms with van der Waals surface area (Å²) in [6.45, 7) is 1.45. The average molecular weight is 469 g/mol. The first kappa shape index (κ1) is 21.7. The zero-order valence-corrected chi connectivity index (χ0v) is 17.3. The summed E-state index contributed by atoms with van der Waals surface area (Å²) in [6.07, 6.45) is -3.12. The number of aromatic nitrogens is 6. The van der Waals surface area contributed by atoms with Crippen LogP contribution in [0.4, 0.5) is 18.9 Å². The van der Waals surface area contributed by atoms with Gasteiger partial charge >= 0.3 is 6.18 Å². The van der Waals surface area contributed by atoms with Crippen molar-refractivity contribution in [1.29, 1.82) is 0 Å². The fourth-order valence-electron chi connectivity index (χ4n) is 3.14. The number of halogens is 4. The van der Waals surface area contributed by atoms with E-state index >= 15 is 0 Å². The molecule has 2 aromatic heterocycles. The number of hydrogen-bond acceptors (Lipinski definition) is 6. The second-order valence-corrected chi connectivity index (χ2v) is 7.74. The van der Waals surface area contributed by atoms with E-state index < -0.39 is 23.8 Å². The quantitative estimate of drug-likeness (QED) is 0.571. The van der Waals surface area contributed by atoms with E-state index in [2.05, 4.69) is 25.8 Å². The fourth-order valence-corrected chi connectivity index (χ4v) is 3.41. The molecule has 0 bridgehead atoms. The van der Waals surface area contributed by atoms with Crippen LogP contribution in [0.1, 0.15) is 56.8 Å². The summed E-state index contributed by atoms with van der Waals surface area (Å²) in [4.78, 5) is 25.6. The molecule has 168 valence electrons. The second-order valence-electron chi connectivity index (χ2n) is 7.30. The second kappa shape index (κ2) is 7.89. The first-order chi connectivity index (χ1) is 15.0. The largest absolute Gasteiger partial charge is 0.455 e. The topological polar surface area (TPSA) is 134 Å². The molecular weight excluding hydrogens is 453 g/mol. The molecule has 3 aromatic rings. The Bertz CT molecular complexity index is 1220. The summed E-state index contributed by atoms with van der Waals surface area (Å²) < 4.78 is 39.6. The van der Waals surface area contributed by atoms with E-state index in [4.69, 9.17) is 17.3 Å². The van der Waals surface area contributed by atoms with Gasteiger partial charge < -0.3 is 11.1 Å². The number of carbonyl (C=O) groups excluding carboxylic acids is 2. The average Bonchev–Trinajstić information content (AvgIpc) is 3.27. The Labute approximate surface area is 183 Å². The number of amides is 2. The van der Waals surface area contributed by atoms with Crippen molar-refractivity contribution in [3.05, 3.63) is 51.6 Å².